The number of ether oxygens (including phenoxy) is 1. The van der Waals surface area contributed by atoms with Crippen LogP contribution in [0, 0.1) is 5.92 Å². The van der Waals surface area contributed by atoms with Crippen LogP contribution >= 0.6 is 24.0 Å². The van der Waals surface area contributed by atoms with Crippen molar-refractivity contribution in [3.8, 4) is 0 Å². The van der Waals surface area contributed by atoms with Gasteiger partial charge in [0.15, 0.2) is 5.96 Å². The first-order valence-electron chi connectivity index (χ1n) is 8.99. The van der Waals surface area contributed by atoms with E-state index in [1.165, 1.54) is 0 Å². The minimum absolute atomic E-state index is 0. The number of halogens is 1. The van der Waals surface area contributed by atoms with Gasteiger partial charge in [0.25, 0.3) is 0 Å². The molecule has 1 aliphatic rings. The SMILES string of the molecule is CCCNC(=NCC(=O)N(C)C)NCC(C(C)C)N1CCOCC1.I. The number of hydrogen-bond acceptors (Lipinski definition) is 4. The van der Waals surface area contributed by atoms with E-state index in [1.54, 1.807) is 19.0 Å². The van der Waals surface area contributed by atoms with Gasteiger partial charge in [0, 0.05) is 46.3 Å². The second-order valence-corrected chi connectivity index (χ2v) is 6.72. The molecule has 1 atom stereocenters. The number of nitrogens with zero attached hydrogens (tertiary/aromatic N) is 3. The fraction of sp³-hybridized carbons (Fsp3) is 0.882. The molecule has 0 saturated carbocycles. The molecule has 0 aliphatic carbocycles. The highest BCUT2D eigenvalue weighted by Gasteiger charge is 2.23. The third-order valence-electron chi connectivity index (χ3n) is 4.18. The summed E-state index contributed by atoms with van der Waals surface area (Å²) in [5, 5.41) is 6.70. The van der Waals surface area contributed by atoms with Crippen LogP contribution in [-0.4, -0.2) is 87.7 Å². The predicted molar refractivity (Wildman–Crippen MR) is 114 cm³/mol. The summed E-state index contributed by atoms with van der Waals surface area (Å²) in [6, 6.07) is 0.423. The monoisotopic (exact) mass is 469 g/mol. The summed E-state index contributed by atoms with van der Waals surface area (Å²) in [7, 11) is 3.50. The first-order chi connectivity index (χ1) is 11.5. The second-order valence-electron chi connectivity index (χ2n) is 6.72. The molecule has 1 rings (SSSR count). The molecule has 0 aromatic carbocycles. The van der Waals surface area contributed by atoms with Crippen LogP contribution in [0.2, 0.25) is 0 Å². The van der Waals surface area contributed by atoms with Crippen molar-refractivity contribution in [1.29, 1.82) is 0 Å². The van der Waals surface area contributed by atoms with E-state index >= 15 is 0 Å². The standard InChI is InChI=1S/C17H35N5O2.HI/c1-6-7-18-17(20-13-16(23)21(4)5)19-12-15(14(2)3)22-8-10-24-11-9-22;/h14-15H,6-13H2,1-5H3,(H2,18,19,20);1H. The van der Waals surface area contributed by atoms with Gasteiger partial charge >= 0.3 is 0 Å². The number of guanidine groups is 1. The van der Waals surface area contributed by atoms with Crippen molar-refractivity contribution >= 4 is 35.8 Å². The van der Waals surface area contributed by atoms with Crippen LogP contribution in [0.15, 0.2) is 4.99 Å². The fourth-order valence-electron chi connectivity index (χ4n) is 2.60. The van der Waals surface area contributed by atoms with Gasteiger partial charge in [-0.25, -0.2) is 4.99 Å². The lowest BCUT2D eigenvalue weighted by Crippen LogP contribution is -2.52. The van der Waals surface area contributed by atoms with E-state index in [9.17, 15) is 4.79 Å². The van der Waals surface area contributed by atoms with E-state index in [0.29, 0.717) is 17.9 Å². The molecular weight excluding hydrogens is 433 g/mol. The third kappa shape index (κ3) is 9.60. The number of aliphatic imine (C=N–C) groups is 1. The van der Waals surface area contributed by atoms with E-state index in [-0.39, 0.29) is 36.4 Å². The molecule has 0 spiro atoms. The Morgan fingerprint density at radius 2 is 1.88 bits per heavy atom. The first-order valence-corrected chi connectivity index (χ1v) is 8.99. The summed E-state index contributed by atoms with van der Waals surface area (Å²) in [5.41, 5.74) is 0. The minimum Gasteiger partial charge on any atom is -0.379 e. The number of amides is 1. The first kappa shape index (κ1) is 24.4. The van der Waals surface area contributed by atoms with Crippen LogP contribution in [0.25, 0.3) is 0 Å². The van der Waals surface area contributed by atoms with Crippen LogP contribution in [0.1, 0.15) is 27.2 Å². The average molecular weight is 469 g/mol. The van der Waals surface area contributed by atoms with E-state index in [1.807, 2.05) is 0 Å². The molecule has 1 unspecified atom stereocenters. The van der Waals surface area contributed by atoms with Crippen LogP contribution in [-0.2, 0) is 9.53 Å². The van der Waals surface area contributed by atoms with Gasteiger partial charge in [-0.2, -0.15) is 0 Å². The molecule has 0 aromatic rings. The minimum atomic E-state index is 0. The second kappa shape index (κ2) is 13.6. The molecule has 8 heteroatoms. The van der Waals surface area contributed by atoms with Gasteiger partial charge in [-0.1, -0.05) is 20.8 Å². The number of rotatable bonds is 8. The molecule has 0 aromatic heterocycles. The summed E-state index contributed by atoms with van der Waals surface area (Å²) in [4.78, 5) is 20.2. The molecule has 1 amide bonds. The van der Waals surface area contributed by atoms with Crippen molar-refractivity contribution in [3.63, 3.8) is 0 Å². The quantitative estimate of drug-likeness (QED) is 0.316. The normalized spacial score (nSPS) is 17.0. The lowest BCUT2D eigenvalue weighted by Gasteiger charge is -2.37. The van der Waals surface area contributed by atoms with Crippen molar-refractivity contribution in [2.75, 3.05) is 60.0 Å². The molecule has 2 N–H and O–H groups in total. The molecule has 0 bridgehead atoms. The molecule has 1 fully saturated rings. The number of likely N-dealkylation sites (N-methyl/N-ethyl adjacent to an activating group) is 1. The Morgan fingerprint density at radius 1 is 1.24 bits per heavy atom. The topological polar surface area (TPSA) is 69.2 Å². The van der Waals surface area contributed by atoms with Gasteiger partial charge in [-0.3, -0.25) is 9.69 Å². The Morgan fingerprint density at radius 3 is 2.40 bits per heavy atom. The molecule has 1 heterocycles. The summed E-state index contributed by atoms with van der Waals surface area (Å²) < 4.78 is 5.46. The van der Waals surface area contributed by atoms with Gasteiger partial charge in [-0.05, 0) is 12.3 Å². The molecular formula is C17H36IN5O2. The van der Waals surface area contributed by atoms with Crippen LogP contribution in [0.3, 0.4) is 0 Å². The van der Waals surface area contributed by atoms with Crippen molar-refractivity contribution in [2.24, 2.45) is 10.9 Å². The highest BCUT2D eigenvalue weighted by molar-refractivity contribution is 14.0. The van der Waals surface area contributed by atoms with Crippen molar-refractivity contribution in [2.45, 2.75) is 33.2 Å². The molecule has 148 valence electrons. The summed E-state index contributed by atoms with van der Waals surface area (Å²) >= 11 is 0. The van der Waals surface area contributed by atoms with Crippen molar-refractivity contribution < 1.29 is 9.53 Å². The number of carbonyl (C=O) groups excluding carboxylic acids is 1. The van der Waals surface area contributed by atoms with E-state index in [4.69, 9.17) is 4.74 Å². The lowest BCUT2D eigenvalue weighted by atomic mass is 10.0. The highest BCUT2D eigenvalue weighted by Crippen LogP contribution is 2.12. The molecule has 25 heavy (non-hydrogen) atoms. The van der Waals surface area contributed by atoms with Crippen LogP contribution in [0.5, 0.6) is 0 Å². The number of morpholine rings is 1. The Labute approximate surface area is 170 Å². The number of nitrogens with one attached hydrogen (secondary N) is 2. The third-order valence-corrected chi connectivity index (χ3v) is 4.18. The fourth-order valence-corrected chi connectivity index (χ4v) is 2.60. The molecule has 7 nitrogen and oxygen atoms in total. The van der Waals surface area contributed by atoms with Crippen LogP contribution < -0.4 is 10.6 Å². The van der Waals surface area contributed by atoms with Gasteiger partial charge in [0.2, 0.25) is 5.91 Å². The Balaban J connectivity index is 0.00000576. The number of hydrogen-bond donors (Lipinski definition) is 2. The van der Waals surface area contributed by atoms with Crippen molar-refractivity contribution in [1.82, 2.24) is 20.4 Å². The maximum Gasteiger partial charge on any atom is 0.243 e. The molecule has 0 radical (unpaired) electrons. The molecule has 1 saturated heterocycles. The smallest absolute Gasteiger partial charge is 0.243 e. The van der Waals surface area contributed by atoms with Gasteiger partial charge < -0.3 is 20.3 Å². The summed E-state index contributed by atoms with van der Waals surface area (Å²) in [5.74, 6) is 1.25. The van der Waals surface area contributed by atoms with Crippen LogP contribution in [0.4, 0.5) is 0 Å². The summed E-state index contributed by atoms with van der Waals surface area (Å²) in [6.45, 7) is 12.0. The number of carbonyl (C=O) groups is 1. The van der Waals surface area contributed by atoms with E-state index in [0.717, 1.165) is 45.8 Å². The maximum absolute atomic E-state index is 11.8. The van der Waals surface area contributed by atoms with Gasteiger partial charge in [0.1, 0.15) is 6.54 Å². The van der Waals surface area contributed by atoms with E-state index in [2.05, 4.69) is 41.3 Å². The predicted octanol–water partition coefficient (Wildman–Crippen LogP) is 0.995. The van der Waals surface area contributed by atoms with Gasteiger partial charge in [0.05, 0.1) is 13.2 Å². The Hall–Kier alpha value is -0.610. The zero-order valence-electron chi connectivity index (χ0n) is 16.4. The largest absolute Gasteiger partial charge is 0.379 e. The zero-order chi connectivity index (χ0) is 17.9. The Kier molecular flexibility index (Phi) is 13.2. The average Bonchev–Trinajstić information content (AvgIpc) is 2.57. The maximum atomic E-state index is 11.8. The van der Waals surface area contributed by atoms with Crippen molar-refractivity contribution in [3.05, 3.63) is 0 Å². The lowest BCUT2D eigenvalue weighted by molar-refractivity contribution is -0.127. The molecule has 1 aliphatic heterocycles. The highest BCUT2D eigenvalue weighted by atomic mass is 127. The van der Waals surface area contributed by atoms with Gasteiger partial charge in [-0.15, -0.1) is 24.0 Å². The van der Waals surface area contributed by atoms with E-state index < -0.39 is 0 Å². The summed E-state index contributed by atoms with van der Waals surface area (Å²) in [6.07, 6.45) is 1.01. The Bertz CT molecular complexity index is 398. The zero-order valence-corrected chi connectivity index (χ0v) is 18.7.